The van der Waals surface area contributed by atoms with E-state index in [4.69, 9.17) is 0 Å². The number of benzene rings is 1. The number of aromatic hydroxyl groups is 1. The molecule has 2 aliphatic rings. The van der Waals surface area contributed by atoms with Crippen molar-refractivity contribution in [2.24, 2.45) is 0 Å². The minimum absolute atomic E-state index is 0.157. The topological polar surface area (TPSA) is 40.5 Å². The van der Waals surface area contributed by atoms with Gasteiger partial charge in [-0.25, -0.2) is 0 Å². The zero-order valence-electron chi connectivity index (χ0n) is 10.1. The van der Waals surface area contributed by atoms with Gasteiger partial charge in [0, 0.05) is 18.2 Å². The molecule has 3 rings (SSSR count). The Balaban J connectivity index is 1.96. The lowest BCUT2D eigenvalue weighted by atomic mass is 10.0. The Morgan fingerprint density at radius 2 is 2.00 bits per heavy atom. The molecule has 3 heteroatoms. The molecule has 1 saturated carbocycles. The highest BCUT2D eigenvalue weighted by atomic mass is 16.3. The molecule has 1 amide bonds. The zero-order chi connectivity index (χ0) is 12.0. The molecular formula is C14H17NO2. The molecule has 1 aromatic rings. The average molecular weight is 231 g/mol. The summed E-state index contributed by atoms with van der Waals surface area (Å²) in [4.78, 5) is 14.4. The molecule has 0 unspecified atom stereocenters. The first kappa shape index (κ1) is 10.6. The Morgan fingerprint density at radius 1 is 1.29 bits per heavy atom. The van der Waals surface area contributed by atoms with Crippen LogP contribution < -0.4 is 0 Å². The van der Waals surface area contributed by atoms with Crippen LogP contribution in [0.2, 0.25) is 0 Å². The van der Waals surface area contributed by atoms with Crippen LogP contribution in [0.4, 0.5) is 0 Å². The van der Waals surface area contributed by atoms with E-state index in [2.05, 4.69) is 0 Å². The minimum Gasteiger partial charge on any atom is -0.508 e. The molecule has 1 N–H and O–H groups in total. The maximum Gasteiger partial charge on any atom is 0.255 e. The van der Waals surface area contributed by atoms with E-state index >= 15 is 0 Å². The molecule has 1 aromatic carbocycles. The summed E-state index contributed by atoms with van der Waals surface area (Å²) in [6.45, 7) is 2.57. The normalized spacial score (nSPS) is 20.1. The van der Waals surface area contributed by atoms with Crippen LogP contribution in [0.15, 0.2) is 12.1 Å². The molecule has 1 aliphatic heterocycles. The maximum atomic E-state index is 12.4. The fraction of sp³-hybridized carbons (Fsp3) is 0.500. The van der Waals surface area contributed by atoms with Crippen molar-refractivity contribution in [2.45, 2.75) is 45.2 Å². The Labute approximate surface area is 101 Å². The van der Waals surface area contributed by atoms with E-state index < -0.39 is 0 Å². The van der Waals surface area contributed by atoms with Gasteiger partial charge in [0.25, 0.3) is 5.91 Å². The molecule has 90 valence electrons. The number of amides is 1. The number of phenols is 1. The van der Waals surface area contributed by atoms with Gasteiger partial charge in [-0.15, -0.1) is 0 Å². The van der Waals surface area contributed by atoms with Crippen molar-refractivity contribution in [3.8, 4) is 5.75 Å². The van der Waals surface area contributed by atoms with Crippen molar-refractivity contribution in [1.29, 1.82) is 0 Å². The van der Waals surface area contributed by atoms with Crippen LogP contribution >= 0.6 is 0 Å². The first-order valence-electron chi connectivity index (χ1n) is 6.30. The Hall–Kier alpha value is -1.51. The van der Waals surface area contributed by atoms with Gasteiger partial charge in [-0.2, -0.15) is 0 Å². The second-order valence-electron chi connectivity index (χ2n) is 5.17. The highest BCUT2D eigenvalue weighted by Crippen LogP contribution is 2.34. The molecule has 17 heavy (non-hydrogen) atoms. The molecule has 0 saturated heterocycles. The standard InChI is InChI=1S/C14H17NO2/c1-9-6-12(16)7-10-8-15(14(17)13(9)10)11-4-2-3-5-11/h6-7,11,16H,2-5,8H2,1H3. The predicted octanol–water partition coefficient (Wildman–Crippen LogP) is 2.60. The van der Waals surface area contributed by atoms with Crippen LogP contribution in [0, 0.1) is 6.92 Å². The van der Waals surface area contributed by atoms with Gasteiger partial charge in [0.1, 0.15) is 5.75 Å². The van der Waals surface area contributed by atoms with Gasteiger partial charge in [0.05, 0.1) is 0 Å². The van der Waals surface area contributed by atoms with Crippen molar-refractivity contribution in [2.75, 3.05) is 0 Å². The van der Waals surface area contributed by atoms with Crippen LogP contribution in [-0.2, 0) is 6.54 Å². The molecule has 0 atom stereocenters. The van der Waals surface area contributed by atoms with E-state index in [0.29, 0.717) is 12.6 Å². The second kappa shape index (κ2) is 3.76. The quantitative estimate of drug-likeness (QED) is 0.807. The van der Waals surface area contributed by atoms with Gasteiger partial charge in [-0.05, 0) is 43.0 Å². The summed E-state index contributed by atoms with van der Waals surface area (Å²) in [5.74, 6) is 0.423. The Kier molecular flexibility index (Phi) is 2.35. The van der Waals surface area contributed by atoms with Crippen molar-refractivity contribution < 1.29 is 9.90 Å². The molecule has 0 bridgehead atoms. The van der Waals surface area contributed by atoms with Gasteiger partial charge in [-0.1, -0.05) is 12.8 Å². The maximum absolute atomic E-state index is 12.4. The van der Waals surface area contributed by atoms with Crippen molar-refractivity contribution >= 4 is 5.91 Å². The third-order valence-corrected chi connectivity index (χ3v) is 3.98. The van der Waals surface area contributed by atoms with Crippen molar-refractivity contribution in [1.82, 2.24) is 4.90 Å². The van der Waals surface area contributed by atoms with Gasteiger partial charge in [-0.3, -0.25) is 4.79 Å². The lowest BCUT2D eigenvalue weighted by molar-refractivity contribution is 0.0706. The first-order valence-corrected chi connectivity index (χ1v) is 6.30. The van der Waals surface area contributed by atoms with E-state index in [1.807, 2.05) is 11.8 Å². The monoisotopic (exact) mass is 231 g/mol. The minimum atomic E-state index is 0.157. The van der Waals surface area contributed by atoms with E-state index in [1.165, 1.54) is 12.8 Å². The van der Waals surface area contributed by atoms with Crippen LogP contribution in [0.3, 0.4) is 0 Å². The van der Waals surface area contributed by atoms with Crippen LogP contribution in [-0.4, -0.2) is 22.0 Å². The first-order chi connectivity index (χ1) is 8.16. The third kappa shape index (κ3) is 1.61. The number of hydrogen-bond donors (Lipinski definition) is 1. The lowest BCUT2D eigenvalue weighted by Crippen LogP contribution is -2.33. The molecule has 0 spiro atoms. The number of rotatable bonds is 1. The molecule has 3 nitrogen and oxygen atoms in total. The SMILES string of the molecule is Cc1cc(O)cc2c1C(=O)N(C1CCCC1)C2. The Morgan fingerprint density at radius 3 is 2.71 bits per heavy atom. The number of phenolic OH excluding ortho intramolecular Hbond substituents is 1. The fourth-order valence-corrected chi connectivity index (χ4v) is 3.18. The van der Waals surface area contributed by atoms with E-state index in [0.717, 1.165) is 29.5 Å². The van der Waals surface area contributed by atoms with Crippen molar-refractivity contribution in [3.05, 3.63) is 28.8 Å². The summed E-state index contributed by atoms with van der Waals surface area (Å²) in [6, 6.07) is 3.82. The number of aryl methyl sites for hydroxylation is 1. The largest absolute Gasteiger partial charge is 0.508 e. The van der Waals surface area contributed by atoms with Crippen LogP contribution in [0.1, 0.15) is 47.2 Å². The molecule has 1 aliphatic carbocycles. The van der Waals surface area contributed by atoms with E-state index in [9.17, 15) is 9.90 Å². The fourth-order valence-electron chi connectivity index (χ4n) is 3.18. The van der Waals surface area contributed by atoms with Crippen LogP contribution in [0.25, 0.3) is 0 Å². The number of carbonyl (C=O) groups is 1. The molecule has 0 radical (unpaired) electrons. The highest BCUT2D eigenvalue weighted by Gasteiger charge is 2.35. The summed E-state index contributed by atoms with van der Waals surface area (Å²) < 4.78 is 0. The number of nitrogens with zero attached hydrogens (tertiary/aromatic N) is 1. The molecule has 1 fully saturated rings. The van der Waals surface area contributed by atoms with Crippen molar-refractivity contribution in [3.63, 3.8) is 0 Å². The summed E-state index contributed by atoms with van der Waals surface area (Å²) in [6.07, 6.45) is 4.72. The number of hydrogen-bond acceptors (Lipinski definition) is 2. The van der Waals surface area contributed by atoms with E-state index in [1.54, 1.807) is 12.1 Å². The van der Waals surface area contributed by atoms with E-state index in [-0.39, 0.29) is 11.7 Å². The van der Waals surface area contributed by atoms with Gasteiger partial charge in [0.15, 0.2) is 0 Å². The molecular weight excluding hydrogens is 214 g/mol. The summed E-state index contributed by atoms with van der Waals surface area (Å²) in [7, 11) is 0. The summed E-state index contributed by atoms with van der Waals surface area (Å²) in [5.41, 5.74) is 2.69. The highest BCUT2D eigenvalue weighted by molar-refractivity contribution is 6.00. The molecule has 0 aromatic heterocycles. The van der Waals surface area contributed by atoms with Gasteiger partial charge < -0.3 is 10.0 Å². The summed E-state index contributed by atoms with van der Waals surface area (Å²) in [5, 5.41) is 9.59. The number of carbonyl (C=O) groups excluding carboxylic acids is 1. The average Bonchev–Trinajstić information content (AvgIpc) is 2.85. The third-order valence-electron chi connectivity index (χ3n) is 3.98. The van der Waals surface area contributed by atoms with Gasteiger partial charge >= 0.3 is 0 Å². The van der Waals surface area contributed by atoms with Crippen LogP contribution in [0.5, 0.6) is 5.75 Å². The Bertz CT molecular complexity index is 475. The number of fused-ring (bicyclic) bond motifs is 1. The lowest BCUT2D eigenvalue weighted by Gasteiger charge is -2.23. The molecule has 1 heterocycles. The smallest absolute Gasteiger partial charge is 0.255 e. The second-order valence-corrected chi connectivity index (χ2v) is 5.17. The summed E-state index contributed by atoms with van der Waals surface area (Å²) >= 11 is 0. The van der Waals surface area contributed by atoms with Gasteiger partial charge in [0.2, 0.25) is 0 Å². The zero-order valence-corrected chi connectivity index (χ0v) is 10.1. The predicted molar refractivity (Wildman–Crippen MR) is 65.0 cm³/mol.